The molecule has 124 valence electrons. The van der Waals surface area contributed by atoms with Crippen LogP contribution in [0, 0.1) is 0 Å². The molecule has 0 unspecified atom stereocenters. The molecule has 2 fully saturated rings. The van der Waals surface area contributed by atoms with Crippen molar-refractivity contribution >= 4 is 0 Å². The van der Waals surface area contributed by atoms with Gasteiger partial charge in [-0.3, -0.25) is 0 Å². The Kier molecular flexibility index (Phi) is 3.57. The summed E-state index contributed by atoms with van der Waals surface area (Å²) in [6.45, 7) is 3.79. The van der Waals surface area contributed by atoms with E-state index in [1.807, 2.05) is 38.4 Å². The van der Waals surface area contributed by atoms with Crippen molar-refractivity contribution in [3.05, 3.63) is 48.0 Å². The molecule has 2 saturated heterocycles. The molecule has 0 aromatic carbocycles. The van der Waals surface area contributed by atoms with Crippen molar-refractivity contribution in [3.8, 4) is 0 Å². The molecule has 0 saturated carbocycles. The highest BCUT2D eigenvalue weighted by Gasteiger charge is 2.57. The average molecular weight is 318 g/mol. The molecule has 4 heterocycles. The molecule has 6 heteroatoms. The lowest BCUT2D eigenvalue weighted by molar-refractivity contribution is -0.218. The molecule has 23 heavy (non-hydrogen) atoms. The molecule has 4 rings (SSSR count). The summed E-state index contributed by atoms with van der Waals surface area (Å²) in [5.74, 6) is -0.656. The molecule has 2 aliphatic heterocycles. The molecule has 6 nitrogen and oxygen atoms in total. The number of fused-ring (bicyclic) bond motifs is 1. The van der Waals surface area contributed by atoms with E-state index in [-0.39, 0.29) is 24.2 Å². The van der Waals surface area contributed by atoms with Gasteiger partial charge < -0.3 is 28.9 Å². The molecule has 0 spiro atoms. The van der Waals surface area contributed by atoms with Crippen LogP contribution in [-0.4, -0.2) is 47.5 Å². The molecular weight excluding hydrogens is 296 g/mol. The summed E-state index contributed by atoms with van der Waals surface area (Å²) in [6.07, 6.45) is 2.78. The van der Waals surface area contributed by atoms with Crippen LogP contribution >= 0.6 is 0 Å². The van der Waals surface area contributed by atoms with Crippen LogP contribution in [0.2, 0.25) is 0 Å². The summed E-state index contributed by atoms with van der Waals surface area (Å²) in [6, 6.07) is 8.08. The maximum Gasteiger partial charge on any atom is 0.190 e. The van der Waals surface area contributed by atoms with Crippen LogP contribution in [0.1, 0.15) is 31.2 Å². The number of H-pyrrole nitrogens is 2. The van der Waals surface area contributed by atoms with Crippen molar-refractivity contribution < 1.29 is 18.9 Å². The van der Waals surface area contributed by atoms with E-state index in [0.29, 0.717) is 0 Å². The molecule has 0 amide bonds. The second kappa shape index (κ2) is 5.49. The maximum absolute atomic E-state index is 6.22. The zero-order valence-corrected chi connectivity index (χ0v) is 13.5. The lowest BCUT2D eigenvalue weighted by atomic mass is 9.90. The molecule has 2 aromatic rings. The predicted octanol–water partition coefficient (Wildman–Crippen LogP) is 2.37. The summed E-state index contributed by atoms with van der Waals surface area (Å²) >= 11 is 0. The molecular formula is C17H22N2O4. The quantitative estimate of drug-likeness (QED) is 0.908. The first kappa shape index (κ1) is 15.0. The minimum Gasteiger partial charge on any atom is -0.376 e. The minimum atomic E-state index is -0.647. The third-order valence-electron chi connectivity index (χ3n) is 4.54. The molecule has 0 radical (unpaired) electrons. The van der Waals surface area contributed by atoms with Crippen molar-refractivity contribution in [1.82, 2.24) is 9.97 Å². The summed E-state index contributed by atoms with van der Waals surface area (Å²) in [5.41, 5.74) is 2.14. The SMILES string of the molecule is CO[C@@H]1[C@H]2OC(C)(C)O[C@H]2O[C@@H]1C(c1ccc[nH]1)c1ccc[nH]1. The van der Waals surface area contributed by atoms with Crippen LogP contribution in [0.15, 0.2) is 36.7 Å². The van der Waals surface area contributed by atoms with Gasteiger partial charge in [0.25, 0.3) is 0 Å². The summed E-state index contributed by atoms with van der Waals surface area (Å²) in [5, 5.41) is 0. The van der Waals surface area contributed by atoms with Crippen LogP contribution < -0.4 is 0 Å². The first-order chi connectivity index (χ1) is 11.1. The van der Waals surface area contributed by atoms with Gasteiger partial charge in [0.05, 0.1) is 5.92 Å². The zero-order chi connectivity index (χ0) is 16.0. The predicted molar refractivity (Wildman–Crippen MR) is 82.9 cm³/mol. The van der Waals surface area contributed by atoms with E-state index in [1.165, 1.54) is 0 Å². The highest BCUT2D eigenvalue weighted by Crippen LogP contribution is 2.44. The van der Waals surface area contributed by atoms with E-state index in [4.69, 9.17) is 18.9 Å². The van der Waals surface area contributed by atoms with Gasteiger partial charge in [0.15, 0.2) is 12.1 Å². The second-order valence-corrected chi connectivity index (χ2v) is 6.50. The monoisotopic (exact) mass is 318 g/mol. The van der Waals surface area contributed by atoms with Crippen LogP contribution in [0.4, 0.5) is 0 Å². The van der Waals surface area contributed by atoms with Gasteiger partial charge in [-0.15, -0.1) is 0 Å². The summed E-state index contributed by atoms with van der Waals surface area (Å²) in [7, 11) is 1.69. The van der Waals surface area contributed by atoms with E-state index in [2.05, 4.69) is 22.1 Å². The van der Waals surface area contributed by atoms with Crippen LogP contribution in [0.25, 0.3) is 0 Å². The number of aromatic amines is 2. The number of methoxy groups -OCH3 is 1. The van der Waals surface area contributed by atoms with Gasteiger partial charge in [-0.25, -0.2) is 0 Å². The smallest absolute Gasteiger partial charge is 0.190 e. The second-order valence-electron chi connectivity index (χ2n) is 6.50. The summed E-state index contributed by atoms with van der Waals surface area (Å²) < 4.78 is 23.8. The van der Waals surface area contributed by atoms with Crippen LogP contribution in [0.5, 0.6) is 0 Å². The number of aromatic nitrogens is 2. The van der Waals surface area contributed by atoms with Crippen molar-refractivity contribution in [2.24, 2.45) is 0 Å². The third-order valence-corrected chi connectivity index (χ3v) is 4.54. The van der Waals surface area contributed by atoms with Crippen molar-refractivity contribution in [3.63, 3.8) is 0 Å². The Hall–Kier alpha value is -1.60. The van der Waals surface area contributed by atoms with Gasteiger partial charge in [0.2, 0.25) is 0 Å². The largest absolute Gasteiger partial charge is 0.376 e. The number of ether oxygens (including phenoxy) is 4. The van der Waals surface area contributed by atoms with E-state index < -0.39 is 12.1 Å². The molecule has 2 aromatic heterocycles. The Labute approximate surface area is 135 Å². The molecule has 0 aliphatic carbocycles. The molecule has 4 atom stereocenters. The van der Waals surface area contributed by atoms with Crippen molar-refractivity contribution in [2.75, 3.05) is 7.11 Å². The van der Waals surface area contributed by atoms with Gasteiger partial charge in [-0.1, -0.05) is 0 Å². The minimum absolute atomic E-state index is 0.00846. The highest BCUT2D eigenvalue weighted by molar-refractivity contribution is 5.27. The fourth-order valence-electron chi connectivity index (χ4n) is 3.64. The zero-order valence-electron chi connectivity index (χ0n) is 13.5. The Morgan fingerprint density at radius 1 is 1.09 bits per heavy atom. The van der Waals surface area contributed by atoms with Gasteiger partial charge in [0.1, 0.15) is 18.3 Å². The van der Waals surface area contributed by atoms with Gasteiger partial charge in [-0.2, -0.15) is 0 Å². The van der Waals surface area contributed by atoms with Crippen LogP contribution in [0.3, 0.4) is 0 Å². The number of nitrogens with one attached hydrogen (secondary N) is 2. The maximum atomic E-state index is 6.22. The van der Waals surface area contributed by atoms with E-state index >= 15 is 0 Å². The fourth-order valence-corrected chi connectivity index (χ4v) is 3.64. The van der Waals surface area contributed by atoms with Crippen molar-refractivity contribution in [2.45, 2.75) is 50.2 Å². The number of hydrogen-bond donors (Lipinski definition) is 2. The molecule has 2 N–H and O–H groups in total. The average Bonchev–Trinajstić information content (AvgIpc) is 3.24. The third kappa shape index (κ3) is 2.52. The standard InChI is InChI=1S/C17H22N2O4/c1-17(2)22-15-14(20-3)13(21-16(15)23-17)12(10-6-4-8-18-10)11-7-5-9-19-11/h4-9,12-16,18-19H,1-3H3/t13-,14+,15-,16-/m1/s1. The first-order valence-corrected chi connectivity index (χ1v) is 7.89. The summed E-state index contributed by atoms with van der Waals surface area (Å²) in [4.78, 5) is 6.58. The van der Waals surface area contributed by atoms with Gasteiger partial charge in [0, 0.05) is 30.9 Å². The Morgan fingerprint density at radius 3 is 2.26 bits per heavy atom. The normalized spacial score (nSPS) is 32.5. The van der Waals surface area contributed by atoms with E-state index in [1.54, 1.807) is 7.11 Å². The molecule has 0 bridgehead atoms. The molecule has 2 aliphatic rings. The highest BCUT2D eigenvalue weighted by atomic mass is 16.8. The number of rotatable bonds is 4. The number of hydrogen-bond acceptors (Lipinski definition) is 4. The van der Waals surface area contributed by atoms with Gasteiger partial charge >= 0.3 is 0 Å². The van der Waals surface area contributed by atoms with E-state index in [9.17, 15) is 0 Å². The van der Waals surface area contributed by atoms with Gasteiger partial charge in [-0.05, 0) is 38.1 Å². The van der Waals surface area contributed by atoms with E-state index in [0.717, 1.165) is 11.4 Å². The van der Waals surface area contributed by atoms with Crippen LogP contribution in [-0.2, 0) is 18.9 Å². The first-order valence-electron chi connectivity index (χ1n) is 7.89. The topological polar surface area (TPSA) is 68.5 Å². The lowest BCUT2D eigenvalue weighted by Crippen LogP contribution is -2.39. The van der Waals surface area contributed by atoms with Crippen molar-refractivity contribution in [1.29, 1.82) is 0 Å². The fraction of sp³-hybridized carbons (Fsp3) is 0.529. The Morgan fingerprint density at radius 2 is 1.74 bits per heavy atom. The Bertz CT molecular complexity index is 603. The lowest BCUT2D eigenvalue weighted by Gasteiger charge is -2.29. The Balaban J connectivity index is 1.68.